The first kappa shape index (κ1) is 27.6. The number of hydrogen-bond donors (Lipinski definition) is 4. The number of carbonyl (C=O) groups excluding carboxylic acids is 1. The second kappa shape index (κ2) is 12.0. The Morgan fingerprint density at radius 1 is 1.00 bits per heavy atom. The maximum atomic E-state index is 13.0. The molecule has 1 aliphatic heterocycles. The lowest BCUT2D eigenvalue weighted by Crippen LogP contribution is -2.45. The topological polar surface area (TPSA) is 124 Å². The average molecular weight is 540 g/mol. The predicted molar refractivity (Wildman–Crippen MR) is 142 cm³/mol. The molecule has 1 aliphatic rings. The molecule has 0 bridgehead atoms. The van der Waals surface area contributed by atoms with E-state index in [4.69, 9.17) is 15.6 Å². The van der Waals surface area contributed by atoms with Crippen LogP contribution in [0.3, 0.4) is 0 Å². The van der Waals surface area contributed by atoms with E-state index in [0.717, 1.165) is 46.1 Å². The van der Waals surface area contributed by atoms with Crippen molar-refractivity contribution in [1.82, 2.24) is 15.1 Å². The van der Waals surface area contributed by atoms with Gasteiger partial charge in [-0.1, -0.05) is 54.6 Å². The molecule has 4 aromatic rings. The maximum absolute atomic E-state index is 13.0. The van der Waals surface area contributed by atoms with Crippen LogP contribution in [0.1, 0.15) is 24.4 Å². The van der Waals surface area contributed by atoms with Crippen molar-refractivity contribution in [2.75, 3.05) is 18.4 Å². The van der Waals surface area contributed by atoms with E-state index in [1.807, 2.05) is 59.6 Å². The first-order valence-electron chi connectivity index (χ1n) is 12.3. The first-order chi connectivity index (χ1) is 18.6. The molecule has 1 atom stereocenters. The third-order valence-electron chi connectivity index (χ3n) is 6.50. The molecule has 5 rings (SSSR count). The highest BCUT2D eigenvalue weighted by molar-refractivity contribution is 5.84. The van der Waals surface area contributed by atoms with E-state index in [1.54, 1.807) is 0 Å². The molecule has 0 aliphatic carbocycles. The molecular formula is C28H28F3N5O3. The quantitative estimate of drug-likeness (QED) is 0.284. The fraction of sp³-hybridized carbons (Fsp3) is 0.250. The lowest BCUT2D eigenvalue weighted by Gasteiger charge is -2.34. The van der Waals surface area contributed by atoms with E-state index in [9.17, 15) is 18.0 Å². The number of nitrogens with zero attached hydrogens (tertiary/aromatic N) is 2. The maximum Gasteiger partial charge on any atom is 0.490 e. The SMILES string of the molecule is NC(C(=O)N1CCC(Nc2ccc3[nH]ncc3c2)CC1)c1ccc(-c2ccccc2)cc1.O=C(O)C(F)(F)F. The van der Waals surface area contributed by atoms with E-state index in [0.29, 0.717) is 19.1 Å². The summed E-state index contributed by atoms with van der Waals surface area (Å²) >= 11 is 0. The molecule has 2 heterocycles. The van der Waals surface area contributed by atoms with Crippen molar-refractivity contribution >= 4 is 28.5 Å². The number of carboxylic acids is 1. The standard InChI is InChI=1S/C26H27N5O.C2HF3O2/c27-25(20-8-6-19(7-9-20)18-4-2-1-3-5-18)26(32)31-14-12-22(13-15-31)29-23-10-11-24-21(16-23)17-28-30-24;3-2(4,5)1(6)7/h1-11,16-17,22,25,29H,12-15,27H2,(H,28,30);(H,6,7). The van der Waals surface area contributed by atoms with Crippen LogP contribution in [-0.2, 0) is 9.59 Å². The molecule has 39 heavy (non-hydrogen) atoms. The number of aromatic amines is 1. The fourth-order valence-corrected chi connectivity index (χ4v) is 4.37. The first-order valence-corrected chi connectivity index (χ1v) is 12.3. The summed E-state index contributed by atoms with van der Waals surface area (Å²) in [7, 11) is 0. The number of nitrogens with one attached hydrogen (secondary N) is 2. The number of hydrogen-bond acceptors (Lipinski definition) is 5. The summed E-state index contributed by atoms with van der Waals surface area (Å²) < 4.78 is 31.7. The molecule has 1 aromatic heterocycles. The fourth-order valence-electron chi connectivity index (χ4n) is 4.37. The Kier molecular flexibility index (Phi) is 8.50. The van der Waals surface area contributed by atoms with E-state index in [-0.39, 0.29) is 5.91 Å². The number of rotatable bonds is 5. The monoisotopic (exact) mass is 539 g/mol. The highest BCUT2D eigenvalue weighted by Gasteiger charge is 2.38. The van der Waals surface area contributed by atoms with Gasteiger partial charge >= 0.3 is 12.1 Å². The zero-order valence-corrected chi connectivity index (χ0v) is 20.9. The number of likely N-dealkylation sites (tertiary alicyclic amines) is 1. The molecule has 0 radical (unpaired) electrons. The summed E-state index contributed by atoms with van der Waals surface area (Å²) in [6.07, 6.45) is -1.46. The van der Waals surface area contributed by atoms with Gasteiger partial charge in [-0.2, -0.15) is 18.3 Å². The molecular weight excluding hydrogens is 511 g/mol. The number of nitrogens with two attached hydrogens (primary N) is 1. The van der Waals surface area contributed by atoms with Gasteiger partial charge in [0.15, 0.2) is 0 Å². The predicted octanol–water partition coefficient (Wildman–Crippen LogP) is 4.97. The number of alkyl halides is 3. The summed E-state index contributed by atoms with van der Waals surface area (Å²) in [6.45, 7) is 1.42. The Balaban J connectivity index is 0.000000448. The Bertz CT molecular complexity index is 1400. The molecule has 1 saturated heterocycles. The zero-order valence-electron chi connectivity index (χ0n) is 20.9. The number of carbonyl (C=O) groups is 2. The average Bonchev–Trinajstić information content (AvgIpc) is 3.41. The third kappa shape index (κ3) is 7.14. The summed E-state index contributed by atoms with van der Waals surface area (Å²) in [5.74, 6) is -2.76. The lowest BCUT2D eigenvalue weighted by molar-refractivity contribution is -0.192. The molecule has 5 N–H and O–H groups in total. The minimum atomic E-state index is -5.08. The molecule has 1 unspecified atom stereocenters. The summed E-state index contributed by atoms with van der Waals surface area (Å²) in [6, 6.07) is 24.1. The van der Waals surface area contributed by atoms with Gasteiger partial charge in [0.25, 0.3) is 0 Å². The molecule has 3 aromatic carbocycles. The van der Waals surface area contributed by atoms with Crippen molar-refractivity contribution in [3.8, 4) is 11.1 Å². The number of carboxylic acid groups (broad SMARTS) is 1. The van der Waals surface area contributed by atoms with Gasteiger partial charge in [0, 0.05) is 30.2 Å². The molecule has 1 fully saturated rings. The Hall–Kier alpha value is -4.38. The minimum Gasteiger partial charge on any atom is -0.475 e. The minimum absolute atomic E-state index is 0.00396. The highest BCUT2D eigenvalue weighted by atomic mass is 19.4. The molecule has 204 valence electrons. The van der Waals surface area contributed by atoms with Crippen molar-refractivity contribution in [1.29, 1.82) is 0 Å². The number of benzene rings is 3. The van der Waals surface area contributed by atoms with Gasteiger partial charge in [0.05, 0.1) is 11.7 Å². The van der Waals surface area contributed by atoms with Gasteiger partial charge in [0.2, 0.25) is 5.91 Å². The van der Waals surface area contributed by atoms with Crippen LogP contribution in [0.15, 0.2) is 79.0 Å². The van der Waals surface area contributed by atoms with Crippen LogP contribution < -0.4 is 11.1 Å². The third-order valence-corrected chi connectivity index (χ3v) is 6.50. The van der Waals surface area contributed by atoms with Crippen molar-refractivity contribution in [2.45, 2.75) is 31.1 Å². The molecule has 8 nitrogen and oxygen atoms in total. The molecule has 0 saturated carbocycles. The summed E-state index contributed by atoms with van der Waals surface area (Å²) in [4.78, 5) is 23.8. The van der Waals surface area contributed by atoms with Gasteiger partial charge in [-0.15, -0.1) is 0 Å². The zero-order chi connectivity index (χ0) is 28.0. The van der Waals surface area contributed by atoms with Crippen LogP contribution in [0.5, 0.6) is 0 Å². The Labute approximate surface area is 222 Å². The van der Waals surface area contributed by atoms with Crippen LogP contribution in [0.2, 0.25) is 0 Å². The number of aliphatic carboxylic acids is 1. The van der Waals surface area contributed by atoms with Crippen LogP contribution in [0.4, 0.5) is 18.9 Å². The van der Waals surface area contributed by atoms with Crippen molar-refractivity contribution in [3.63, 3.8) is 0 Å². The van der Waals surface area contributed by atoms with Crippen LogP contribution in [0, 0.1) is 0 Å². The number of aromatic nitrogens is 2. The Morgan fingerprint density at radius 3 is 2.23 bits per heavy atom. The number of halogens is 3. The van der Waals surface area contributed by atoms with Crippen LogP contribution in [-0.4, -0.2) is 57.4 Å². The van der Waals surface area contributed by atoms with Crippen LogP contribution >= 0.6 is 0 Å². The van der Waals surface area contributed by atoms with Gasteiger partial charge in [0.1, 0.15) is 6.04 Å². The number of anilines is 1. The summed E-state index contributed by atoms with van der Waals surface area (Å²) in [5.41, 5.74) is 11.6. The lowest BCUT2D eigenvalue weighted by atomic mass is 9.99. The summed E-state index contributed by atoms with van der Waals surface area (Å²) in [5, 5.41) is 18.9. The van der Waals surface area contributed by atoms with Gasteiger partial charge in [-0.25, -0.2) is 4.79 Å². The molecule has 1 amide bonds. The Morgan fingerprint density at radius 2 is 1.62 bits per heavy atom. The number of H-pyrrole nitrogens is 1. The van der Waals surface area contributed by atoms with Crippen molar-refractivity contribution in [2.24, 2.45) is 5.73 Å². The van der Waals surface area contributed by atoms with Crippen molar-refractivity contribution < 1.29 is 27.9 Å². The van der Waals surface area contributed by atoms with E-state index >= 15 is 0 Å². The second-order valence-electron chi connectivity index (χ2n) is 9.18. The smallest absolute Gasteiger partial charge is 0.475 e. The van der Waals surface area contributed by atoms with Crippen LogP contribution in [0.25, 0.3) is 22.0 Å². The molecule has 0 spiro atoms. The van der Waals surface area contributed by atoms with Gasteiger partial charge in [-0.3, -0.25) is 9.89 Å². The van der Waals surface area contributed by atoms with Gasteiger partial charge < -0.3 is 21.1 Å². The normalized spacial score (nSPS) is 14.8. The number of fused-ring (bicyclic) bond motifs is 1. The second-order valence-corrected chi connectivity index (χ2v) is 9.18. The van der Waals surface area contributed by atoms with E-state index < -0.39 is 18.2 Å². The number of amides is 1. The largest absolute Gasteiger partial charge is 0.490 e. The number of piperidine rings is 1. The van der Waals surface area contributed by atoms with E-state index in [2.05, 4.69) is 39.8 Å². The molecule has 11 heteroatoms. The van der Waals surface area contributed by atoms with Gasteiger partial charge in [-0.05, 0) is 47.7 Å². The van der Waals surface area contributed by atoms with Crippen molar-refractivity contribution in [3.05, 3.63) is 84.6 Å². The highest BCUT2D eigenvalue weighted by Crippen LogP contribution is 2.24. The van der Waals surface area contributed by atoms with E-state index in [1.165, 1.54) is 0 Å².